The minimum atomic E-state index is -4.45. The Morgan fingerprint density at radius 3 is 2.74 bits per heavy atom. The first-order valence-electron chi connectivity index (χ1n) is 5.99. The van der Waals surface area contributed by atoms with Gasteiger partial charge in [0.2, 0.25) is 0 Å². The minimum absolute atomic E-state index is 0.305. The van der Waals surface area contributed by atoms with E-state index in [0.717, 1.165) is 29.7 Å². The summed E-state index contributed by atoms with van der Waals surface area (Å²) >= 11 is 1.27. The van der Waals surface area contributed by atoms with Crippen LogP contribution < -0.4 is 0 Å². The van der Waals surface area contributed by atoms with Crippen molar-refractivity contribution >= 4 is 17.2 Å². The van der Waals surface area contributed by atoms with Crippen molar-refractivity contribution in [2.45, 2.75) is 25.4 Å². The molecule has 19 heavy (non-hydrogen) atoms. The number of nitrogens with zero attached hydrogens (tertiary/aromatic N) is 1. The van der Waals surface area contributed by atoms with Crippen LogP contribution in [0.3, 0.4) is 0 Å². The summed E-state index contributed by atoms with van der Waals surface area (Å²) in [5, 5.41) is 8.79. The van der Waals surface area contributed by atoms with Gasteiger partial charge in [0.25, 0.3) is 5.91 Å². The summed E-state index contributed by atoms with van der Waals surface area (Å²) in [6.45, 7) is -2.11. The molecule has 0 saturated carbocycles. The zero-order chi connectivity index (χ0) is 14.0. The molecule has 0 unspecified atom stereocenters. The number of fused-ring (bicyclic) bond motifs is 1. The number of alkyl halides is 3. The highest BCUT2D eigenvalue weighted by Gasteiger charge is 2.34. The lowest BCUT2D eigenvalue weighted by atomic mass is 10.2. The van der Waals surface area contributed by atoms with E-state index in [-0.39, 0.29) is 6.54 Å². The molecule has 0 atom stereocenters. The van der Waals surface area contributed by atoms with Gasteiger partial charge < -0.3 is 10.0 Å². The molecule has 0 saturated heterocycles. The van der Waals surface area contributed by atoms with Crippen LogP contribution in [0, 0.1) is 0 Å². The molecule has 1 heterocycles. The number of aliphatic hydroxyl groups excluding tert-OH is 1. The molecular formula is C12H14F3NO2S. The minimum Gasteiger partial charge on any atom is -0.395 e. The maximum atomic E-state index is 12.4. The summed E-state index contributed by atoms with van der Waals surface area (Å²) in [5.74, 6) is -0.647. The Labute approximate surface area is 112 Å². The summed E-state index contributed by atoms with van der Waals surface area (Å²) in [7, 11) is 0. The van der Waals surface area contributed by atoms with Crippen LogP contribution in [-0.2, 0) is 12.8 Å². The van der Waals surface area contributed by atoms with Crippen LogP contribution in [-0.4, -0.2) is 41.8 Å². The Morgan fingerprint density at radius 1 is 1.42 bits per heavy atom. The van der Waals surface area contributed by atoms with Gasteiger partial charge in [0.15, 0.2) is 0 Å². The Hall–Kier alpha value is -1.08. The molecule has 2 rings (SSSR count). The first-order chi connectivity index (χ1) is 8.90. The van der Waals surface area contributed by atoms with Gasteiger partial charge in [-0.15, -0.1) is 11.3 Å². The highest BCUT2D eigenvalue weighted by molar-refractivity contribution is 7.14. The zero-order valence-electron chi connectivity index (χ0n) is 10.2. The van der Waals surface area contributed by atoms with E-state index in [9.17, 15) is 18.0 Å². The van der Waals surface area contributed by atoms with Crippen molar-refractivity contribution in [3.05, 3.63) is 21.4 Å². The first kappa shape index (κ1) is 14.3. The largest absolute Gasteiger partial charge is 0.406 e. The number of halogens is 3. The number of carbonyl (C=O) groups is 1. The van der Waals surface area contributed by atoms with Crippen LogP contribution in [0.1, 0.15) is 26.5 Å². The predicted molar refractivity (Wildman–Crippen MR) is 65.4 cm³/mol. The number of amides is 1. The van der Waals surface area contributed by atoms with E-state index in [1.165, 1.54) is 11.3 Å². The van der Waals surface area contributed by atoms with Crippen LogP contribution in [0.2, 0.25) is 0 Å². The molecule has 0 bridgehead atoms. The molecule has 0 aromatic carbocycles. The number of thiophene rings is 1. The fourth-order valence-electron chi connectivity index (χ4n) is 2.18. The van der Waals surface area contributed by atoms with E-state index < -0.39 is 25.2 Å². The average Bonchev–Trinajstić information content (AvgIpc) is 2.85. The molecule has 7 heteroatoms. The van der Waals surface area contributed by atoms with E-state index >= 15 is 0 Å². The maximum absolute atomic E-state index is 12.4. The molecule has 0 fully saturated rings. The van der Waals surface area contributed by atoms with Gasteiger partial charge >= 0.3 is 6.18 Å². The summed E-state index contributed by atoms with van der Waals surface area (Å²) in [5.41, 5.74) is 1.07. The molecule has 1 aliphatic carbocycles. The second-order valence-electron chi connectivity index (χ2n) is 4.48. The van der Waals surface area contributed by atoms with Gasteiger partial charge in [0.05, 0.1) is 11.5 Å². The third kappa shape index (κ3) is 3.48. The second-order valence-corrected chi connectivity index (χ2v) is 5.61. The second kappa shape index (κ2) is 5.50. The predicted octanol–water partition coefficient (Wildman–Crippen LogP) is 2.23. The van der Waals surface area contributed by atoms with Crippen LogP contribution in [0.4, 0.5) is 13.2 Å². The van der Waals surface area contributed by atoms with Crippen molar-refractivity contribution in [1.29, 1.82) is 0 Å². The Bertz CT molecular complexity index is 449. The number of carbonyl (C=O) groups excluding carboxylic acids is 1. The van der Waals surface area contributed by atoms with Crippen LogP contribution in [0.5, 0.6) is 0 Å². The van der Waals surface area contributed by atoms with Crippen LogP contribution in [0.15, 0.2) is 6.07 Å². The molecule has 1 aliphatic rings. The highest BCUT2D eigenvalue weighted by atomic mass is 32.1. The molecule has 1 aromatic rings. The Kier molecular flexibility index (Phi) is 4.15. The number of hydrogen-bond acceptors (Lipinski definition) is 3. The number of aliphatic hydroxyl groups is 1. The molecule has 1 aromatic heterocycles. The van der Waals surface area contributed by atoms with Gasteiger partial charge in [-0.3, -0.25) is 4.79 Å². The molecular weight excluding hydrogens is 279 g/mol. The van der Waals surface area contributed by atoms with Crippen LogP contribution >= 0.6 is 11.3 Å². The smallest absolute Gasteiger partial charge is 0.395 e. The van der Waals surface area contributed by atoms with Crippen molar-refractivity contribution in [1.82, 2.24) is 4.90 Å². The van der Waals surface area contributed by atoms with E-state index in [4.69, 9.17) is 5.11 Å². The summed E-state index contributed by atoms with van der Waals surface area (Å²) in [6.07, 6.45) is -1.63. The quantitative estimate of drug-likeness (QED) is 0.925. The number of aryl methyl sites for hydroxylation is 2. The number of hydrogen-bond donors (Lipinski definition) is 1. The summed E-state index contributed by atoms with van der Waals surface area (Å²) < 4.78 is 37.2. The van der Waals surface area contributed by atoms with E-state index in [2.05, 4.69) is 0 Å². The topological polar surface area (TPSA) is 40.5 Å². The van der Waals surface area contributed by atoms with Crippen molar-refractivity contribution in [3.8, 4) is 0 Å². The standard InChI is InChI=1S/C12H14F3NO2S/c13-12(14,15)7-16(4-5-17)11(18)10-6-8-2-1-3-9(8)19-10/h6,17H,1-5,7H2. The van der Waals surface area contributed by atoms with Gasteiger partial charge in [-0.2, -0.15) is 13.2 Å². The summed E-state index contributed by atoms with van der Waals surface area (Å²) in [4.78, 5) is 14.1. The first-order valence-corrected chi connectivity index (χ1v) is 6.81. The molecule has 3 nitrogen and oxygen atoms in total. The van der Waals surface area contributed by atoms with Gasteiger partial charge in [-0.25, -0.2) is 0 Å². The SMILES string of the molecule is O=C(c1cc2c(s1)CCC2)N(CCO)CC(F)(F)F. The molecule has 0 aliphatic heterocycles. The van der Waals surface area contributed by atoms with Gasteiger partial charge in [0.1, 0.15) is 6.54 Å². The van der Waals surface area contributed by atoms with E-state index in [1.54, 1.807) is 6.07 Å². The normalized spacial score (nSPS) is 14.5. The van der Waals surface area contributed by atoms with Gasteiger partial charge in [-0.05, 0) is 30.9 Å². The van der Waals surface area contributed by atoms with Crippen molar-refractivity contribution < 1.29 is 23.1 Å². The maximum Gasteiger partial charge on any atom is 0.406 e. The molecule has 1 amide bonds. The van der Waals surface area contributed by atoms with Gasteiger partial charge in [0, 0.05) is 11.4 Å². The van der Waals surface area contributed by atoms with Gasteiger partial charge in [-0.1, -0.05) is 0 Å². The van der Waals surface area contributed by atoms with Crippen molar-refractivity contribution in [3.63, 3.8) is 0 Å². The lowest BCUT2D eigenvalue weighted by molar-refractivity contribution is -0.141. The fourth-order valence-corrected chi connectivity index (χ4v) is 3.40. The van der Waals surface area contributed by atoms with E-state index in [0.29, 0.717) is 9.78 Å². The zero-order valence-corrected chi connectivity index (χ0v) is 11.0. The molecule has 0 radical (unpaired) electrons. The van der Waals surface area contributed by atoms with Crippen molar-refractivity contribution in [2.24, 2.45) is 0 Å². The fraction of sp³-hybridized carbons (Fsp3) is 0.583. The average molecular weight is 293 g/mol. The molecule has 0 spiro atoms. The van der Waals surface area contributed by atoms with E-state index in [1.807, 2.05) is 0 Å². The molecule has 1 N–H and O–H groups in total. The lowest BCUT2D eigenvalue weighted by Gasteiger charge is -2.22. The Balaban J connectivity index is 2.13. The highest BCUT2D eigenvalue weighted by Crippen LogP contribution is 2.31. The third-order valence-corrected chi connectivity index (χ3v) is 4.21. The lowest BCUT2D eigenvalue weighted by Crippen LogP contribution is -2.40. The molecule has 106 valence electrons. The third-order valence-electron chi connectivity index (χ3n) is 2.98. The van der Waals surface area contributed by atoms with Crippen LogP contribution in [0.25, 0.3) is 0 Å². The summed E-state index contributed by atoms with van der Waals surface area (Å²) in [6, 6.07) is 1.69. The monoisotopic (exact) mass is 293 g/mol. The number of rotatable bonds is 4. The Morgan fingerprint density at radius 2 is 2.16 bits per heavy atom. The van der Waals surface area contributed by atoms with Crippen molar-refractivity contribution in [2.75, 3.05) is 19.7 Å².